The third kappa shape index (κ3) is 2.37. The number of aromatic nitrogens is 1. The first kappa shape index (κ1) is 10.8. The van der Waals surface area contributed by atoms with E-state index in [9.17, 15) is 22.0 Å². The molecule has 0 radical (unpaired) electrons. The average molecular weight is 282 g/mol. The highest BCUT2D eigenvalue weighted by atomic mass is 79.9. The Morgan fingerprint density at radius 1 is 1.31 bits per heavy atom. The molecule has 0 saturated heterocycles. The van der Waals surface area contributed by atoms with E-state index in [1.807, 2.05) is 0 Å². The zero-order chi connectivity index (χ0) is 10.2. The summed E-state index contributed by atoms with van der Waals surface area (Å²) in [5.41, 5.74) is 0. The van der Waals surface area contributed by atoms with Gasteiger partial charge in [0.1, 0.15) is 9.48 Å². The van der Waals surface area contributed by atoms with Crippen LogP contribution in [0.2, 0.25) is 0 Å². The van der Waals surface area contributed by atoms with Crippen molar-refractivity contribution in [1.29, 1.82) is 0 Å². The summed E-state index contributed by atoms with van der Waals surface area (Å²) >= 11 is 2.47. The first-order valence-corrected chi connectivity index (χ1v) is 4.45. The minimum absolute atomic E-state index is 0.0584. The van der Waals surface area contributed by atoms with Gasteiger partial charge in [0.25, 0.3) is 6.43 Å². The van der Waals surface area contributed by atoms with E-state index in [1.54, 1.807) is 0 Å². The van der Waals surface area contributed by atoms with Crippen LogP contribution in [0.25, 0.3) is 0 Å². The van der Waals surface area contributed by atoms with E-state index < -0.39 is 27.1 Å². The van der Waals surface area contributed by atoms with Gasteiger partial charge < -0.3 is 0 Å². The minimum Gasteiger partial charge on any atom is -0.225 e. The van der Waals surface area contributed by atoms with Crippen LogP contribution < -0.4 is 0 Å². The first-order chi connectivity index (χ1) is 5.82. The van der Waals surface area contributed by atoms with Gasteiger partial charge in [-0.25, -0.2) is 13.8 Å². The molecule has 0 aliphatic rings. The van der Waals surface area contributed by atoms with Crippen molar-refractivity contribution in [3.63, 3.8) is 0 Å². The van der Waals surface area contributed by atoms with Gasteiger partial charge in [-0.1, -0.05) is 0 Å². The van der Waals surface area contributed by atoms with E-state index in [2.05, 4.69) is 20.9 Å². The van der Waals surface area contributed by atoms with Crippen LogP contribution in [0, 0.1) is 0 Å². The molecule has 0 saturated carbocycles. The Kier molecular flexibility index (Phi) is 2.91. The number of alkyl halides is 5. The summed E-state index contributed by atoms with van der Waals surface area (Å²) < 4.78 is 59.3. The van der Waals surface area contributed by atoms with Crippen LogP contribution in [0.4, 0.5) is 22.0 Å². The zero-order valence-corrected chi connectivity index (χ0v) is 8.10. The lowest BCUT2D eigenvalue weighted by molar-refractivity contribution is -0.137. The monoisotopic (exact) mass is 281 g/mol. The lowest BCUT2D eigenvalue weighted by Gasteiger charge is -1.98. The Morgan fingerprint density at radius 3 is 2.08 bits per heavy atom. The lowest BCUT2D eigenvalue weighted by atomic mass is 10.6. The quantitative estimate of drug-likeness (QED) is 0.713. The predicted molar refractivity (Wildman–Crippen MR) is 39.8 cm³/mol. The molecule has 0 amide bonds. The van der Waals surface area contributed by atoms with Crippen LogP contribution in [-0.2, 0) is 6.18 Å². The maximum atomic E-state index is 12.0. The molecular weight excluding hydrogens is 281 g/mol. The van der Waals surface area contributed by atoms with Crippen LogP contribution in [0.15, 0.2) is 4.60 Å². The Morgan fingerprint density at radius 2 is 1.85 bits per heavy atom. The molecule has 0 aliphatic heterocycles. The maximum absolute atomic E-state index is 12.0. The Hall–Kier alpha value is -0.240. The fourth-order valence-electron chi connectivity index (χ4n) is 0.569. The highest BCUT2D eigenvalue weighted by Crippen LogP contribution is 2.39. The van der Waals surface area contributed by atoms with E-state index in [4.69, 9.17) is 0 Å². The van der Waals surface area contributed by atoms with Crippen molar-refractivity contribution in [3.8, 4) is 0 Å². The molecule has 1 heterocycles. The highest BCUT2D eigenvalue weighted by molar-refractivity contribution is 9.10. The number of hydrogen-bond acceptors (Lipinski definition) is 2. The van der Waals surface area contributed by atoms with Crippen molar-refractivity contribution in [2.45, 2.75) is 12.6 Å². The predicted octanol–water partition coefficient (Wildman–Crippen LogP) is 3.86. The fourth-order valence-corrected chi connectivity index (χ4v) is 1.96. The molecule has 8 heteroatoms. The standard InChI is InChI=1S/C5HBrF5NS/c6-2-1(3(7)8)13-4(12-2)5(9,10)11/h3H. The molecule has 0 atom stereocenters. The van der Waals surface area contributed by atoms with Crippen LogP contribution in [0.3, 0.4) is 0 Å². The molecule has 13 heavy (non-hydrogen) atoms. The van der Waals surface area contributed by atoms with E-state index in [0.717, 1.165) is 0 Å². The third-order valence-corrected chi connectivity index (χ3v) is 3.02. The summed E-state index contributed by atoms with van der Waals surface area (Å²) in [5, 5.41) is -1.27. The smallest absolute Gasteiger partial charge is 0.225 e. The second kappa shape index (κ2) is 3.49. The number of nitrogens with zero attached hydrogens (tertiary/aromatic N) is 1. The van der Waals surface area contributed by atoms with Crippen molar-refractivity contribution in [2.24, 2.45) is 0 Å². The van der Waals surface area contributed by atoms with Gasteiger partial charge in [0.15, 0.2) is 5.01 Å². The van der Waals surface area contributed by atoms with Crippen molar-refractivity contribution in [3.05, 3.63) is 14.5 Å². The Bertz CT molecular complexity index is 306. The SMILES string of the molecule is FC(F)c1sc(C(F)(F)F)nc1Br. The molecule has 1 rings (SSSR count). The zero-order valence-electron chi connectivity index (χ0n) is 5.70. The topological polar surface area (TPSA) is 12.9 Å². The molecule has 0 aromatic carbocycles. The van der Waals surface area contributed by atoms with Gasteiger partial charge in [0, 0.05) is 0 Å². The van der Waals surface area contributed by atoms with Crippen LogP contribution in [-0.4, -0.2) is 4.98 Å². The number of halogens is 6. The largest absolute Gasteiger partial charge is 0.443 e. The third-order valence-electron chi connectivity index (χ3n) is 1.05. The molecule has 1 aromatic rings. The number of thiazole rings is 1. The van der Waals surface area contributed by atoms with Crippen molar-refractivity contribution >= 4 is 27.3 Å². The summed E-state index contributed by atoms with van der Waals surface area (Å²) in [7, 11) is 0. The van der Waals surface area contributed by atoms with Crippen molar-refractivity contribution in [1.82, 2.24) is 4.98 Å². The second-order valence-electron chi connectivity index (χ2n) is 1.97. The summed E-state index contributed by atoms with van der Waals surface area (Å²) in [5.74, 6) is 0. The van der Waals surface area contributed by atoms with Crippen molar-refractivity contribution in [2.75, 3.05) is 0 Å². The van der Waals surface area contributed by atoms with E-state index in [-0.39, 0.29) is 11.3 Å². The van der Waals surface area contributed by atoms with Crippen LogP contribution in [0.5, 0.6) is 0 Å². The summed E-state index contributed by atoms with van der Waals surface area (Å²) in [4.78, 5) is 2.23. The Balaban J connectivity index is 3.10. The Labute approximate surface area is 81.7 Å². The van der Waals surface area contributed by atoms with E-state index >= 15 is 0 Å². The number of rotatable bonds is 1. The van der Waals surface area contributed by atoms with E-state index in [0.29, 0.717) is 0 Å². The molecule has 0 N–H and O–H groups in total. The van der Waals surface area contributed by atoms with E-state index in [1.165, 1.54) is 0 Å². The maximum Gasteiger partial charge on any atom is 0.443 e. The molecule has 1 nitrogen and oxygen atoms in total. The van der Waals surface area contributed by atoms with Gasteiger partial charge >= 0.3 is 6.18 Å². The first-order valence-electron chi connectivity index (χ1n) is 2.84. The molecule has 0 unspecified atom stereocenters. The van der Waals surface area contributed by atoms with Crippen LogP contribution in [0.1, 0.15) is 16.3 Å². The van der Waals surface area contributed by atoms with Gasteiger partial charge in [-0.15, -0.1) is 11.3 Å². The minimum atomic E-state index is -4.67. The molecule has 0 spiro atoms. The van der Waals surface area contributed by atoms with Gasteiger partial charge in [0.2, 0.25) is 0 Å². The molecule has 1 aromatic heterocycles. The van der Waals surface area contributed by atoms with Gasteiger partial charge in [-0.2, -0.15) is 13.2 Å². The van der Waals surface area contributed by atoms with Gasteiger partial charge in [-0.3, -0.25) is 0 Å². The number of hydrogen-bond donors (Lipinski definition) is 0. The van der Waals surface area contributed by atoms with Crippen LogP contribution >= 0.6 is 27.3 Å². The summed E-state index contributed by atoms with van der Waals surface area (Å²) in [6.07, 6.45) is -7.61. The molecular formula is C5HBrF5NS. The normalized spacial score (nSPS) is 12.5. The molecule has 74 valence electrons. The summed E-state index contributed by atoms with van der Waals surface area (Å²) in [6, 6.07) is 0. The van der Waals surface area contributed by atoms with Crippen molar-refractivity contribution < 1.29 is 22.0 Å². The van der Waals surface area contributed by atoms with Gasteiger partial charge in [0.05, 0.1) is 0 Å². The molecule has 0 bridgehead atoms. The highest BCUT2D eigenvalue weighted by Gasteiger charge is 2.36. The lowest BCUT2D eigenvalue weighted by Crippen LogP contribution is -2.03. The molecule has 0 aliphatic carbocycles. The average Bonchev–Trinajstić information content (AvgIpc) is 2.29. The van der Waals surface area contributed by atoms with Gasteiger partial charge in [-0.05, 0) is 15.9 Å². The summed E-state index contributed by atoms with van der Waals surface area (Å²) in [6.45, 7) is 0. The second-order valence-corrected chi connectivity index (χ2v) is 3.75. The fraction of sp³-hybridized carbons (Fsp3) is 0.400. The molecule has 0 fully saturated rings.